The molecule has 1 saturated carbocycles. The lowest BCUT2D eigenvalue weighted by Crippen LogP contribution is -2.34. The molecule has 8 nitrogen and oxygen atoms in total. The molecule has 0 unspecified atom stereocenters. The quantitative estimate of drug-likeness (QED) is 0.358. The first-order valence-electron chi connectivity index (χ1n) is 11.9. The van der Waals surface area contributed by atoms with E-state index in [-0.39, 0.29) is 5.91 Å². The van der Waals surface area contributed by atoms with Crippen LogP contribution in [0, 0.1) is 12.3 Å². The van der Waals surface area contributed by atoms with Crippen molar-refractivity contribution >= 4 is 50.3 Å². The van der Waals surface area contributed by atoms with Gasteiger partial charge in [-0.15, -0.1) is 0 Å². The molecule has 184 valence electrons. The molecule has 1 N–H and O–H groups in total. The molecule has 1 spiro atoms. The van der Waals surface area contributed by atoms with Crippen LogP contribution in [0.5, 0.6) is 5.75 Å². The Labute approximate surface area is 217 Å². The predicted molar refractivity (Wildman–Crippen MR) is 142 cm³/mol. The first-order chi connectivity index (χ1) is 17.4. The normalized spacial score (nSPS) is 16.4. The fourth-order valence-corrected chi connectivity index (χ4v) is 5.78. The maximum Gasteiger partial charge on any atom is 0.259 e. The van der Waals surface area contributed by atoms with E-state index in [0.29, 0.717) is 48.5 Å². The number of pyridine rings is 1. The zero-order valence-electron chi connectivity index (χ0n) is 20.0. The number of thiazole rings is 1. The molecule has 0 bridgehead atoms. The molecule has 1 aliphatic heterocycles. The number of methoxy groups -OCH3 is 1. The van der Waals surface area contributed by atoms with Crippen molar-refractivity contribution < 1.29 is 9.53 Å². The van der Waals surface area contributed by atoms with Crippen molar-refractivity contribution in [2.45, 2.75) is 32.6 Å². The largest absolute Gasteiger partial charge is 0.496 e. The minimum absolute atomic E-state index is 0.329. The van der Waals surface area contributed by atoms with Crippen molar-refractivity contribution in [2.24, 2.45) is 5.41 Å². The van der Waals surface area contributed by atoms with Gasteiger partial charge in [0.1, 0.15) is 11.6 Å². The minimum Gasteiger partial charge on any atom is -0.496 e. The fourth-order valence-electron chi connectivity index (χ4n) is 4.82. The molecule has 3 aromatic heterocycles. The predicted octanol–water partition coefficient (Wildman–Crippen LogP) is 5.75. The smallest absolute Gasteiger partial charge is 0.259 e. The lowest BCUT2D eigenvalue weighted by atomic mass is 9.94. The Morgan fingerprint density at radius 3 is 2.64 bits per heavy atom. The Morgan fingerprint density at radius 1 is 1.08 bits per heavy atom. The number of hydrogen-bond donors (Lipinski definition) is 1. The summed E-state index contributed by atoms with van der Waals surface area (Å²) in [5.41, 5.74) is 3.69. The topological polar surface area (TPSA) is 93.1 Å². The number of rotatable bonds is 5. The van der Waals surface area contributed by atoms with Crippen LogP contribution in [0.3, 0.4) is 0 Å². The fraction of sp³-hybridized carbons (Fsp3) is 0.346. The van der Waals surface area contributed by atoms with Gasteiger partial charge in [-0.05, 0) is 62.3 Å². The molecule has 10 heteroatoms. The summed E-state index contributed by atoms with van der Waals surface area (Å²) in [5.74, 6) is 1.16. The molecule has 0 atom stereocenters. The summed E-state index contributed by atoms with van der Waals surface area (Å²) < 4.78 is 5.52. The molecule has 4 heterocycles. The third-order valence-corrected chi connectivity index (χ3v) is 8.26. The average Bonchev–Trinajstić information content (AvgIpc) is 3.51. The van der Waals surface area contributed by atoms with Gasteiger partial charge >= 0.3 is 0 Å². The van der Waals surface area contributed by atoms with E-state index >= 15 is 0 Å². The van der Waals surface area contributed by atoms with Crippen molar-refractivity contribution in [1.29, 1.82) is 0 Å². The van der Waals surface area contributed by atoms with Crippen molar-refractivity contribution in [3.05, 3.63) is 52.9 Å². The first-order valence-corrected chi connectivity index (χ1v) is 13.1. The van der Waals surface area contributed by atoms with Crippen molar-refractivity contribution in [2.75, 3.05) is 30.4 Å². The lowest BCUT2D eigenvalue weighted by molar-refractivity contribution is 0.102. The molecular formula is C26H25ClN6O2S. The first kappa shape index (κ1) is 23.1. The van der Waals surface area contributed by atoms with Gasteiger partial charge < -0.3 is 9.64 Å². The van der Waals surface area contributed by atoms with Crippen LogP contribution in [0.4, 0.5) is 10.9 Å². The zero-order valence-corrected chi connectivity index (χ0v) is 21.6. The second kappa shape index (κ2) is 8.97. The summed E-state index contributed by atoms with van der Waals surface area (Å²) >= 11 is 7.57. The number of fused-ring (bicyclic) bond motifs is 1. The van der Waals surface area contributed by atoms with Crippen molar-refractivity contribution in [3.8, 4) is 16.9 Å². The van der Waals surface area contributed by atoms with E-state index in [2.05, 4.69) is 25.2 Å². The molecule has 36 heavy (non-hydrogen) atoms. The third kappa shape index (κ3) is 4.37. The van der Waals surface area contributed by atoms with E-state index in [1.807, 2.05) is 13.0 Å². The lowest BCUT2D eigenvalue weighted by Gasteiger charge is -2.32. The van der Waals surface area contributed by atoms with E-state index in [1.54, 1.807) is 37.7 Å². The summed E-state index contributed by atoms with van der Waals surface area (Å²) in [6, 6.07) is 7.16. The maximum absolute atomic E-state index is 13.4. The Kier molecular flexibility index (Phi) is 5.76. The molecule has 1 saturated heterocycles. The second-order valence-corrected chi connectivity index (χ2v) is 10.9. The van der Waals surface area contributed by atoms with Gasteiger partial charge in [0, 0.05) is 41.1 Å². The van der Waals surface area contributed by atoms with Crippen LogP contribution >= 0.6 is 22.9 Å². The van der Waals surface area contributed by atoms with Crippen molar-refractivity contribution in [1.82, 2.24) is 19.9 Å². The van der Waals surface area contributed by atoms with Gasteiger partial charge in [0.25, 0.3) is 5.91 Å². The number of ether oxygens (including phenoxy) is 1. The summed E-state index contributed by atoms with van der Waals surface area (Å²) in [5, 5.41) is 3.89. The standard InChI is InChI=1S/C26H25ClN6O2S/c1-15-11-17(18-12-16(27)3-4-20(18)35-2)19(13-28-15)23(34)32-25-31-22-24(36-25)30-21(14-29-22)33-9-7-26(5-6-26)8-10-33/h3-4,11-14H,5-10H2,1-2H3,(H,29,31,32,34). The van der Waals surface area contributed by atoms with Gasteiger partial charge in [0.2, 0.25) is 0 Å². The number of carbonyl (C=O) groups is 1. The van der Waals surface area contributed by atoms with Crippen LogP contribution in [-0.4, -0.2) is 46.0 Å². The molecule has 1 amide bonds. The number of carbonyl (C=O) groups excluding carboxylic acids is 1. The second-order valence-electron chi connectivity index (χ2n) is 9.53. The number of aromatic nitrogens is 4. The number of hydrogen-bond acceptors (Lipinski definition) is 8. The minimum atomic E-state index is -0.329. The number of nitrogens with one attached hydrogen (secondary N) is 1. The molecule has 4 aromatic rings. The van der Waals surface area contributed by atoms with Crippen LogP contribution in [0.1, 0.15) is 41.7 Å². The van der Waals surface area contributed by atoms with Crippen LogP contribution in [0.25, 0.3) is 21.6 Å². The summed E-state index contributed by atoms with van der Waals surface area (Å²) in [4.78, 5) is 34.5. The highest BCUT2D eigenvalue weighted by Gasteiger charge is 2.44. The number of benzene rings is 1. The number of amides is 1. The van der Waals surface area contributed by atoms with Crippen LogP contribution < -0.4 is 15.0 Å². The van der Waals surface area contributed by atoms with E-state index in [1.165, 1.54) is 37.0 Å². The zero-order chi connectivity index (χ0) is 24.9. The van der Waals surface area contributed by atoms with E-state index in [0.717, 1.165) is 24.6 Å². The Bertz CT molecular complexity index is 1470. The molecule has 1 aliphatic carbocycles. The third-order valence-electron chi connectivity index (χ3n) is 7.17. The van der Waals surface area contributed by atoms with Crippen LogP contribution in [0.15, 0.2) is 36.7 Å². The van der Waals surface area contributed by atoms with Gasteiger partial charge in [-0.2, -0.15) is 4.98 Å². The molecular weight excluding hydrogens is 496 g/mol. The molecule has 1 aromatic carbocycles. The van der Waals surface area contributed by atoms with Gasteiger partial charge in [-0.25, -0.2) is 9.97 Å². The maximum atomic E-state index is 13.4. The number of nitrogens with zero attached hydrogens (tertiary/aromatic N) is 5. The highest BCUT2D eigenvalue weighted by Crippen LogP contribution is 2.53. The van der Waals surface area contributed by atoms with E-state index < -0.39 is 0 Å². The average molecular weight is 521 g/mol. The Hall–Kier alpha value is -3.30. The molecule has 2 fully saturated rings. The highest BCUT2D eigenvalue weighted by molar-refractivity contribution is 7.21. The number of aryl methyl sites for hydroxylation is 1. The van der Waals surface area contributed by atoms with E-state index in [9.17, 15) is 4.79 Å². The monoisotopic (exact) mass is 520 g/mol. The number of anilines is 2. The number of piperidine rings is 1. The van der Waals surface area contributed by atoms with Gasteiger partial charge in [0.05, 0.1) is 18.9 Å². The van der Waals surface area contributed by atoms with Crippen LogP contribution in [-0.2, 0) is 0 Å². The summed E-state index contributed by atoms with van der Waals surface area (Å²) in [6.45, 7) is 3.90. The number of halogens is 1. The highest BCUT2D eigenvalue weighted by atomic mass is 35.5. The Balaban J connectivity index is 1.26. The molecule has 2 aliphatic rings. The van der Waals surface area contributed by atoms with Gasteiger partial charge in [-0.1, -0.05) is 22.9 Å². The summed E-state index contributed by atoms with van der Waals surface area (Å²) in [7, 11) is 1.59. The molecule has 0 radical (unpaired) electrons. The van der Waals surface area contributed by atoms with E-state index in [4.69, 9.17) is 21.3 Å². The van der Waals surface area contributed by atoms with Crippen LogP contribution in [0.2, 0.25) is 5.02 Å². The SMILES string of the molecule is COc1ccc(Cl)cc1-c1cc(C)ncc1C(=O)Nc1nc2ncc(N3CCC4(CC3)CC4)nc2s1. The molecule has 6 rings (SSSR count). The Morgan fingerprint density at radius 2 is 1.89 bits per heavy atom. The summed E-state index contributed by atoms with van der Waals surface area (Å²) in [6.07, 6.45) is 8.52. The van der Waals surface area contributed by atoms with Gasteiger partial charge in [-0.3, -0.25) is 15.1 Å². The van der Waals surface area contributed by atoms with Crippen molar-refractivity contribution in [3.63, 3.8) is 0 Å². The van der Waals surface area contributed by atoms with Gasteiger partial charge in [0.15, 0.2) is 15.6 Å².